The summed E-state index contributed by atoms with van der Waals surface area (Å²) in [5.41, 5.74) is 0. The van der Waals surface area contributed by atoms with Gasteiger partial charge in [0, 0.05) is 18.1 Å². The van der Waals surface area contributed by atoms with E-state index in [9.17, 15) is 13.2 Å². The fraction of sp³-hybridized carbons (Fsp3) is 0.462. The second-order valence-corrected chi connectivity index (χ2v) is 7.35. The molecule has 8 heteroatoms. The molecule has 0 aromatic heterocycles. The predicted octanol–water partition coefficient (Wildman–Crippen LogP) is 1.25. The topological polar surface area (TPSA) is 75.7 Å². The Morgan fingerprint density at radius 3 is 2.71 bits per heavy atom. The van der Waals surface area contributed by atoms with Crippen LogP contribution in [0.5, 0.6) is 5.75 Å². The van der Waals surface area contributed by atoms with Gasteiger partial charge in [-0.1, -0.05) is 11.6 Å². The van der Waals surface area contributed by atoms with Gasteiger partial charge in [-0.25, -0.2) is 8.42 Å². The predicted molar refractivity (Wildman–Crippen MR) is 79.0 cm³/mol. The van der Waals surface area contributed by atoms with Crippen LogP contribution in [0.4, 0.5) is 0 Å². The van der Waals surface area contributed by atoms with Crippen molar-refractivity contribution in [3.63, 3.8) is 0 Å². The number of methoxy groups -OCH3 is 1. The van der Waals surface area contributed by atoms with Crippen molar-refractivity contribution in [3.05, 3.63) is 23.2 Å². The summed E-state index contributed by atoms with van der Waals surface area (Å²) in [6, 6.07) is 4.52. The lowest BCUT2D eigenvalue weighted by Crippen LogP contribution is -2.39. The van der Waals surface area contributed by atoms with Crippen molar-refractivity contribution >= 4 is 27.5 Å². The SMILES string of the molecule is COc1ccc(Cl)cc1S(=O)(=O)N(C)CC(=O)NC1CC1. The highest BCUT2D eigenvalue weighted by Gasteiger charge is 2.29. The molecule has 2 rings (SSSR count). The van der Waals surface area contributed by atoms with Gasteiger partial charge in [0.2, 0.25) is 15.9 Å². The first-order valence-electron chi connectivity index (χ1n) is 6.44. The molecule has 6 nitrogen and oxygen atoms in total. The Bertz CT molecular complexity index is 644. The number of carbonyl (C=O) groups is 1. The van der Waals surface area contributed by atoms with Crippen LogP contribution in [0.25, 0.3) is 0 Å². The zero-order chi connectivity index (χ0) is 15.6. The third kappa shape index (κ3) is 3.87. The van der Waals surface area contributed by atoms with Crippen LogP contribution in [-0.4, -0.2) is 45.4 Å². The molecule has 1 aliphatic rings. The molecule has 116 valence electrons. The Balaban J connectivity index is 2.19. The van der Waals surface area contributed by atoms with Crippen LogP contribution in [0.3, 0.4) is 0 Å². The summed E-state index contributed by atoms with van der Waals surface area (Å²) in [4.78, 5) is 11.7. The Kier molecular flexibility index (Phi) is 4.75. The maximum atomic E-state index is 12.5. The van der Waals surface area contributed by atoms with Crippen LogP contribution < -0.4 is 10.1 Å². The molecule has 1 aliphatic carbocycles. The van der Waals surface area contributed by atoms with Crippen molar-refractivity contribution in [3.8, 4) is 5.75 Å². The summed E-state index contributed by atoms with van der Waals surface area (Å²) < 4.78 is 31.1. The first-order chi connectivity index (χ1) is 9.84. The summed E-state index contributed by atoms with van der Waals surface area (Å²) in [7, 11) is -1.13. The summed E-state index contributed by atoms with van der Waals surface area (Å²) in [5, 5.41) is 3.03. The summed E-state index contributed by atoms with van der Waals surface area (Å²) in [6.07, 6.45) is 1.90. The number of amides is 1. The summed E-state index contributed by atoms with van der Waals surface area (Å²) in [5.74, 6) is -0.126. The van der Waals surface area contributed by atoms with E-state index in [-0.39, 0.29) is 34.2 Å². The van der Waals surface area contributed by atoms with Crippen molar-refractivity contribution in [2.45, 2.75) is 23.8 Å². The average molecular weight is 333 g/mol. The van der Waals surface area contributed by atoms with Crippen LogP contribution in [0.15, 0.2) is 23.1 Å². The van der Waals surface area contributed by atoms with Crippen LogP contribution in [0.1, 0.15) is 12.8 Å². The zero-order valence-electron chi connectivity index (χ0n) is 11.8. The third-order valence-electron chi connectivity index (χ3n) is 3.12. The van der Waals surface area contributed by atoms with Gasteiger partial charge in [0.1, 0.15) is 10.6 Å². The molecule has 0 spiro atoms. The largest absolute Gasteiger partial charge is 0.495 e. The minimum atomic E-state index is -3.85. The van der Waals surface area contributed by atoms with E-state index < -0.39 is 10.0 Å². The summed E-state index contributed by atoms with van der Waals surface area (Å²) >= 11 is 5.85. The lowest BCUT2D eigenvalue weighted by molar-refractivity contribution is -0.121. The van der Waals surface area contributed by atoms with Crippen molar-refractivity contribution in [2.24, 2.45) is 0 Å². The molecule has 0 bridgehead atoms. The maximum absolute atomic E-state index is 12.5. The van der Waals surface area contributed by atoms with Gasteiger partial charge in [-0.3, -0.25) is 4.79 Å². The van der Waals surface area contributed by atoms with E-state index in [2.05, 4.69) is 5.32 Å². The number of sulfonamides is 1. The van der Waals surface area contributed by atoms with Gasteiger partial charge in [-0.15, -0.1) is 0 Å². The smallest absolute Gasteiger partial charge is 0.247 e. The Labute approximate surface area is 129 Å². The molecule has 0 radical (unpaired) electrons. The van der Waals surface area contributed by atoms with Gasteiger partial charge in [-0.05, 0) is 31.0 Å². The van der Waals surface area contributed by atoms with Crippen molar-refractivity contribution < 1.29 is 17.9 Å². The van der Waals surface area contributed by atoms with Crippen LogP contribution in [-0.2, 0) is 14.8 Å². The van der Waals surface area contributed by atoms with E-state index >= 15 is 0 Å². The number of likely N-dealkylation sites (N-methyl/N-ethyl adjacent to an activating group) is 1. The minimum Gasteiger partial charge on any atom is -0.495 e. The monoisotopic (exact) mass is 332 g/mol. The lowest BCUT2D eigenvalue weighted by Gasteiger charge is -2.18. The molecule has 1 N–H and O–H groups in total. The molecule has 1 fully saturated rings. The molecule has 1 aromatic carbocycles. The fourth-order valence-electron chi connectivity index (χ4n) is 1.81. The Morgan fingerprint density at radius 1 is 1.48 bits per heavy atom. The molecule has 21 heavy (non-hydrogen) atoms. The van der Waals surface area contributed by atoms with E-state index in [1.807, 2.05) is 0 Å². The molecule has 0 aliphatic heterocycles. The molecule has 0 heterocycles. The normalized spacial score (nSPS) is 15.0. The summed E-state index contributed by atoms with van der Waals surface area (Å²) in [6.45, 7) is -0.242. The zero-order valence-corrected chi connectivity index (χ0v) is 13.4. The molecular formula is C13H17ClN2O4S. The molecule has 0 atom stereocenters. The first-order valence-corrected chi connectivity index (χ1v) is 8.25. The third-order valence-corrected chi connectivity index (χ3v) is 5.18. The van der Waals surface area contributed by atoms with Crippen LogP contribution >= 0.6 is 11.6 Å². The van der Waals surface area contributed by atoms with E-state index in [0.717, 1.165) is 17.1 Å². The number of ether oxygens (including phenoxy) is 1. The minimum absolute atomic E-state index is 0.0563. The molecule has 1 amide bonds. The number of benzene rings is 1. The van der Waals surface area contributed by atoms with Crippen LogP contribution in [0.2, 0.25) is 5.02 Å². The number of rotatable bonds is 6. The second-order valence-electron chi connectivity index (χ2n) is 4.90. The molecule has 0 unspecified atom stereocenters. The molecule has 0 saturated heterocycles. The van der Waals surface area contributed by atoms with Crippen LogP contribution in [0, 0.1) is 0 Å². The molecule has 1 saturated carbocycles. The second kappa shape index (κ2) is 6.21. The number of nitrogens with zero attached hydrogens (tertiary/aromatic N) is 1. The number of hydrogen-bond donors (Lipinski definition) is 1. The lowest BCUT2D eigenvalue weighted by atomic mass is 10.3. The number of hydrogen-bond acceptors (Lipinski definition) is 4. The van der Waals surface area contributed by atoms with Gasteiger partial charge in [0.25, 0.3) is 0 Å². The fourth-order valence-corrected chi connectivity index (χ4v) is 3.35. The number of nitrogens with one attached hydrogen (secondary N) is 1. The highest BCUT2D eigenvalue weighted by molar-refractivity contribution is 7.89. The van der Waals surface area contributed by atoms with Crippen molar-refractivity contribution in [2.75, 3.05) is 20.7 Å². The Morgan fingerprint density at radius 2 is 2.14 bits per heavy atom. The van der Waals surface area contributed by atoms with Gasteiger partial charge in [0.15, 0.2) is 0 Å². The van der Waals surface area contributed by atoms with E-state index in [0.29, 0.717) is 0 Å². The quantitative estimate of drug-likeness (QED) is 0.850. The molecular weight excluding hydrogens is 316 g/mol. The van der Waals surface area contributed by atoms with E-state index in [1.165, 1.54) is 26.3 Å². The number of halogens is 1. The average Bonchev–Trinajstić information content (AvgIpc) is 3.22. The van der Waals surface area contributed by atoms with E-state index in [4.69, 9.17) is 16.3 Å². The highest BCUT2D eigenvalue weighted by atomic mass is 35.5. The van der Waals surface area contributed by atoms with E-state index in [1.54, 1.807) is 6.07 Å². The molecule has 1 aromatic rings. The van der Waals surface area contributed by atoms with Gasteiger partial charge in [0.05, 0.1) is 13.7 Å². The number of carbonyl (C=O) groups excluding carboxylic acids is 1. The standard InChI is InChI=1S/C13H17ClN2O4S/c1-16(8-13(17)15-10-4-5-10)21(18,19)12-7-9(14)3-6-11(12)20-2/h3,6-7,10H,4-5,8H2,1-2H3,(H,15,17). The van der Waals surface area contributed by atoms with Gasteiger partial charge in [-0.2, -0.15) is 4.31 Å². The Hall–Kier alpha value is -1.31. The van der Waals surface area contributed by atoms with Crippen molar-refractivity contribution in [1.82, 2.24) is 9.62 Å². The highest BCUT2D eigenvalue weighted by Crippen LogP contribution is 2.29. The van der Waals surface area contributed by atoms with Gasteiger partial charge >= 0.3 is 0 Å². The van der Waals surface area contributed by atoms with Crippen molar-refractivity contribution in [1.29, 1.82) is 0 Å². The van der Waals surface area contributed by atoms with Gasteiger partial charge < -0.3 is 10.1 Å². The first kappa shape index (κ1) is 16.1. The maximum Gasteiger partial charge on any atom is 0.247 e.